The van der Waals surface area contributed by atoms with Crippen LogP contribution >= 0.6 is 12.4 Å². The second kappa shape index (κ2) is 8.08. The number of amides is 1. The van der Waals surface area contributed by atoms with Gasteiger partial charge >= 0.3 is 0 Å². The zero-order valence-corrected chi connectivity index (χ0v) is 12.7. The molecule has 2 aliphatic heterocycles. The van der Waals surface area contributed by atoms with Crippen LogP contribution in [0, 0.1) is 5.92 Å². The van der Waals surface area contributed by atoms with Crippen molar-refractivity contribution in [1.29, 1.82) is 0 Å². The lowest BCUT2D eigenvalue weighted by molar-refractivity contribution is -0.128. The van der Waals surface area contributed by atoms with Crippen molar-refractivity contribution in [3.63, 3.8) is 0 Å². The fraction of sp³-hybridized carbons (Fsp3) is 0.929. The Labute approximate surface area is 122 Å². The average Bonchev–Trinajstić information content (AvgIpc) is 2.41. The molecular formula is C14H27ClN2O2. The Hall–Kier alpha value is -0.320. The molecule has 0 aromatic heterocycles. The van der Waals surface area contributed by atoms with Crippen molar-refractivity contribution in [1.82, 2.24) is 10.6 Å². The third-order valence-corrected chi connectivity index (χ3v) is 4.30. The van der Waals surface area contributed by atoms with Crippen molar-refractivity contribution in [2.24, 2.45) is 5.92 Å². The molecule has 0 saturated carbocycles. The van der Waals surface area contributed by atoms with Crippen LogP contribution in [0.2, 0.25) is 0 Å². The topological polar surface area (TPSA) is 50.4 Å². The molecule has 2 aliphatic rings. The summed E-state index contributed by atoms with van der Waals surface area (Å²) >= 11 is 0. The molecule has 1 amide bonds. The lowest BCUT2D eigenvalue weighted by Crippen LogP contribution is -2.57. The molecular weight excluding hydrogens is 264 g/mol. The van der Waals surface area contributed by atoms with Crippen molar-refractivity contribution in [3.8, 4) is 0 Å². The summed E-state index contributed by atoms with van der Waals surface area (Å²) in [6.45, 7) is 5.57. The molecule has 0 radical (unpaired) electrons. The van der Waals surface area contributed by atoms with Gasteiger partial charge in [0.2, 0.25) is 5.91 Å². The van der Waals surface area contributed by atoms with E-state index in [0.717, 1.165) is 64.3 Å². The summed E-state index contributed by atoms with van der Waals surface area (Å²) < 4.78 is 5.34. The van der Waals surface area contributed by atoms with Gasteiger partial charge in [-0.3, -0.25) is 4.79 Å². The highest BCUT2D eigenvalue weighted by Gasteiger charge is 2.33. The fourth-order valence-corrected chi connectivity index (χ4v) is 2.87. The van der Waals surface area contributed by atoms with E-state index in [-0.39, 0.29) is 23.9 Å². The Morgan fingerprint density at radius 2 is 2.11 bits per heavy atom. The molecule has 0 bridgehead atoms. The minimum absolute atomic E-state index is 0. The van der Waals surface area contributed by atoms with Crippen molar-refractivity contribution in [2.45, 2.75) is 51.0 Å². The van der Waals surface area contributed by atoms with E-state index in [2.05, 4.69) is 10.6 Å². The summed E-state index contributed by atoms with van der Waals surface area (Å²) in [6, 6.07) is 0. The quantitative estimate of drug-likeness (QED) is 0.831. The van der Waals surface area contributed by atoms with E-state index >= 15 is 0 Å². The van der Waals surface area contributed by atoms with Crippen LogP contribution in [0.25, 0.3) is 0 Å². The van der Waals surface area contributed by atoms with E-state index in [1.54, 1.807) is 0 Å². The van der Waals surface area contributed by atoms with Crippen molar-refractivity contribution in [2.75, 3.05) is 26.3 Å². The molecule has 0 aliphatic carbocycles. The number of carbonyl (C=O) groups excluding carboxylic acids is 1. The highest BCUT2D eigenvalue weighted by molar-refractivity contribution is 5.86. The van der Waals surface area contributed by atoms with E-state index in [4.69, 9.17) is 4.74 Å². The maximum absolute atomic E-state index is 12.2. The maximum atomic E-state index is 12.2. The lowest BCUT2D eigenvalue weighted by Gasteiger charge is -2.33. The second-order valence-electron chi connectivity index (χ2n) is 5.82. The number of nitrogens with one attached hydrogen (secondary N) is 2. The molecule has 5 heteroatoms. The predicted octanol–water partition coefficient (Wildman–Crippen LogP) is 1.87. The zero-order chi connectivity index (χ0) is 12.8. The van der Waals surface area contributed by atoms with Crippen LogP contribution in [0.5, 0.6) is 0 Å². The Bertz CT molecular complexity index is 275. The van der Waals surface area contributed by atoms with Gasteiger partial charge in [-0.05, 0) is 57.9 Å². The molecule has 2 fully saturated rings. The number of rotatable bonds is 4. The van der Waals surface area contributed by atoms with Gasteiger partial charge in [0.15, 0.2) is 0 Å². The summed E-state index contributed by atoms with van der Waals surface area (Å²) in [4.78, 5) is 12.2. The van der Waals surface area contributed by atoms with Gasteiger partial charge < -0.3 is 15.4 Å². The summed E-state index contributed by atoms with van der Waals surface area (Å²) in [5.41, 5.74) is -0.339. The predicted molar refractivity (Wildman–Crippen MR) is 78.7 cm³/mol. The molecule has 0 aromatic rings. The van der Waals surface area contributed by atoms with Gasteiger partial charge in [0.05, 0.1) is 5.54 Å². The fourth-order valence-electron chi connectivity index (χ4n) is 2.87. The molecule has 1 unspecified atom stereocenters. The second-order valence-corrected chi connectivity index (χ2v) is 5.82. The molecule has 0 aromatic carbocycles. The largest absolute Gasteiger partial charge is 0.381 e. The number of piperidine rings is 1. The van der Waals surface area contributed by atoms with Gasteiger partial charge in [0.1, 0.15) is 0 Å². The van der Waals surface area contributed by atoms with Gasteiger partial charge in [-0.15, -0.1) is 12.4 Å². The minimum Gasteiger partial charge on any atom is -0.381 e. The molecule has 1 atom stereocenters. The zero-order valence-electron chi connectivity index (χ0n) is 11.9. The van der Waals surface area contributed by atoms with Crippen LogP contribution in [0.4, 0.5) is 0 Å². The third-order valence-electron chi connectivity index (χ3n) is 4.30. The molecule has 2 N–H and O–H groups in total. The van der Waals surface area contributed by atoms with E-state index in [1.807, 2.05) is 6.92 Å². The van der Waals surface area contributed by atoms with Crippen LogP contribution in [0.1, 0.15) is 45.4 Å². The monoisotopic (exact) mass is 290 g/mol. The van der Waals surface area contributed by atoms with Gasteiger partial charge in [0, 0.05) is 19.8 Å². The summed E-state index contributed by atoms with van der Waals surface area (Å²) in [7, 11) is 0. The molecule has 2 heterocycles. The average molecular weight is 291 g/mol. The van der Waals surface area contributed by atoms with E-state index in [0.29, 0.717) is 0 Å². The highest BCUT2D eigenvalue weighted by Crippen LogP contribution is 2.20. The summed E-state index contributed by atoms with van der Waals surface area (Å²) in [5.74, 6) is 0.903. The first-order valence-electron chi connectivity index (χ1n) is 7.32. The lowest BCUT2D eigenvalue weighted by atomic mass is 9.90. The molecule has 4 nitrogen and oxygen atoms in total. The van der Waals surface area contributed by atoms with E-state index in [1.165, 1.54) is 6.42 Å². The number of halogens is 1. The Morgan fingerprint density at radius 1 is 1.37 bits per heavy atom. The highest BCUT2D eigenvalue weighted by atomic mass is 35.5. The first-order valence-corrected chi connectivity index (χ1v) is 7.32. The summed E-state index contributed by atoms with van der Waals surface area (Å²) in [6.07, 6.45) is 6.67. The Kier molecular flexibility index (Phi) is 7.11. The molecule has 112 valence electrons. The van der Waals surface area contributed by atoms with Crippen LogP contribution in [-0.4, -0.2) is 37.7 Å². The third kappa shape index (κ3) is 4.93. The van der Waals surface area contributed by atoms with Crippen LogP contribution in [-0.2, 0) is 9.53 Å². The first kappa shape index (κ1) is 16.7. The normalized spacial score (nSPS) is 28.5. The molecule has 19 heavy (non-hydrogen) atoms. The van der Waals surface area contributed by atoms with E-state index < -0.39 is 0 Å². The minimum atomic E-state index is -0.339. The molecule has 0 spiro atoms. The molecule has 2 saturated heterocycles. The smallest absolute Gasteiger partial charge is 0.240 e. The van der Waals surface area contributed by atoms with Gasteiger partial charge in [-0.1, -0.05) is 0 Å². The van der Waals surface area contributed by atoms with Crippen LogP contribution in [0.15, 0.2) is 0 Å². The van der Waals surface area contributed by atoms with E-state index in [9.17, 15) is 4.79 Å². The maximum Gasteiger partial charge on any atom is 0.240 e. The van der Waals surface area contributed by atoms with Crippen molar-refractivity contribution in [3.05, 3.63) is 0 Å². The van der Waals surface area contributed by atoms with Crippen LogP contribution in [0.3, 0.4) is 0 Å². The van der Waals surface area contributed by atoms with Crippen molar-refractivity contribution >= 4 is 18.3 Å². The van der Waals surface area contributed by atoms with Crippen LogP contribution < -0.4 is 10.6 Å². The number of ether oxygens (including phenoxy) is 1. The van der Waals surface area contributed by atoms with Gasteiger partial charge in [-0.2, -0.15) is 0 Å². The summed E-state index contributed by atoms with van der Waals surface area (Å²) in [5, 5.41) is 6.45. The Morgan fingerprint density at radius 3 is 2.74 bits per heavy atom. The number of hydrogen-bond acceptors (Lipinski definition) is 3. The SMILES string of the molecule is CC1(C(=O)NCCC2CCOCC2)CCCCN1.Cl. The standard InChI is InChI=1S/C14H26N2O2.ClH/c1-14(7-2-3-8-16-14)13(17)15-9-4-12-5-10-18-11-6-12;/h12,16H,2-11H2,1H3,(H,15,17);1H. The van der Waals surface area contributed by atoms with Crippen molar-refractivity contribution < 1.29 is 9.53 Å². The van der Waals surface area contributed by atoms with Gasteiger partial charge in [-0.25, -0.2) is 0 Å². The first-order chi connectivity index (χ1) is 8.71. The number of hydrogen-bond donors (Lipinski definition) is 2. The number of carbonyl (C=O) groups is 1. The molecule has 2 rings (SSSR count). The van der Waals surface area contributed by atoms with Gasteiger partial charge in [0.25, 0.3) is 0 Å². The Balaban J connectivity index is 0.00000180.